The molecule has 3 N–H and O–H groups in total. The lowest BCUT2D eigenvalue weighted by Gasteiger charge is -1.98. The molecule has 2 heterocycles. The molecule has 0 bridgehead atoms. The first kappa shape index (κ1) is 14.8. The van der Waals surface area contributed by atoms with E-state index in [1.165, 1.54) is 7.05 Å². The Morgan fingerprint density at radius 2 is 2.00 bits per heavy atom. The van der Waals surface area contributed by atoms with Crippen molar-refractivity contribution in [1.82, 2.24) is 24.9 Å². The van der Waals surface area contributed by atoms with Gasteiger partial charge < -0.3 is 0 Å². The van der Waals surface area contributed by atoms with E-state index in [-0.39, 0.29) is 11.7 Å². The van der Waals surface area contributed by atoms with Crippen LogP contribution in [0.5, 0.6) is 0 Å². The van der Waals surface area contributed by atoms with Gasteiger partial charge in [-0.15, -0.1) is 0 Å². The fourth-order valence-electron chi connectivity index (χ4n) is 1.47. The van der Waals surface area contributed by atoms with Crippen molar-refractivity contribution in [2.75, 3.05) is 19.3 Å². The normalized spacial score (nSPS) is 21.1. The molecular weight excluding hydrogens is 302 g/mol. The predicted molar refractivity (Wildman–Crippen MR) is 78.1 cm³/mol. The Labute approximate surface area is 120 Å². The first-order valence-corrected chi connectivity index (χ1v) is 8.42. The average molecular weight is 317 g/mol. The summed E-state index contributed by atoms with van der Waals surface area (Å²) in [5.74, 6) is 1.98. The number of thioether (sulfide) groups is 1. The molecule has 0 spiro atoms. The van der Waals surface area contributed by atoms with E-state index in [0.29, 0.717) is 6.54 Å². The fraction of sp³-hybridized carbons (Fsp3) is 0.556. The van der Waals surface area contributed by atoms with Gasteiger partial charge in [-0.3, -0.25) is 9.98 Å². The van der Waals surface area contributed by atoms with Gasteiger partial charge in [0.25, 0.3) is 0 Å². The molecule has 1 saturated heterocycles. The van der Waals surface area contributed by atoms with Gasteiger partial charge in [-0.1, -0.05) is 0 Å². The molecule has 1 aliphatic rings. The van der Waals surface area contributed by atoms with Crippen LogP contribution < -0.4 is 9.44 Å². The van der Waals surface area contributed by atoms with Crippen molar-refractivity contribution in [2.45, 2.75) is 12.7 Å². The van der Waals surface area contributed by atoms with Gasteiger partial charge in [-0.05, 0) is 6.92 Å². The van der Waals surface area contributed by atoms with Crippen molar-refractivity contribution in [1.29, 1.82) is 0 Å². The number of amidine groups is 2. The molecule has 1 aliphatic heterocycles. The number of aromatic nitrogens is 3. The zero-order valence-electron chi connectivity index (χ0n) is 11.0. The minimum absolute atomic E-state index is 0.238. The van der Waals surface area contributed by atoms with Crippen LogP contribution in [0.1, 0.15) is 11.4 Å². The highest BCUT2D eigenvalue weighted by atomic mass is 32.2. The molecule has 0 atom stereocenters. The van der Waals surface area contributed by atoms with Gasteiger partial charge in [0, 0.05) is 18.6 Å². The molecule has 1 aromatic rings. The average Bonchev–Trinajstić information content (AvgIpc) is 2.92. The highest BCUT2D eigenvalue weighted by Gasteiger charge is 2.27. The number of hydrogen-bond donors (Lipinski definition) is 3. The molecule has 11 heteroatoms. The zero-order valence-corrected chi connectivity index (χ0v) is 12.7. The van der Waals surface area contributed by atoms with Crippen LogP contribution in [0.15, 0.2) is 9.98 Å². The first-order chi connectivity index (χ1) is 9.52. The molecule has 1 aromatic heterocycles. The van der Waals surface area contributed by atoms with Gasteiger partial charge in [0.1, 0.15) is 0 Å². The Bertz CT molecular complexity index is 634. The number of H-pyrrole nitrogens is 1. The maximum absolute atomic E-state index is 11.3. The monoisotopic (exact) mass is 317 g/mol. The van der Waals surface area contributed by atoms with Crippen molar-refractivity contribution in [2.24, 2.45) is 9.98 Å². The van der Waals surface area contributed by atoms with Crippen molar-refractivity contribution in [3.8, 4) is 0 Å². The maximum Gasteiger partial charge on any atom is 0.324 e. The van der Waals surface area contributed by atoms with Gasteiger partial charge in [-0.2, -0.15) is 35.6 Å². The Kier molecular flexibility index (Phi) is 4.60. The van der Waals surface area contributed by atoms with Crippen LogP contribution in [0.2, 0.25) is 0 Å². The molecule has 0 unspecified atom stereocenters. The highest BCUT2D eigenvalue weighted by Crippen LogP contribution is 2.11. The molecule has 0 saturated carbocycles. The third-order valence-corrected chi connectivity index (χ3v) is 4.35. The first-order valence-electron chi connectivity index (χ1n) is 5.78. The largest absolute Gasteiger partial charge is 0.324 e. The van der Waals surface area contributed by atoms with Crippen molar-refractivity contribution < 1.29 is 8.42 Å². The van der Waals surface area contributed by atoms with E-state index in [2.05, 4.69) is 34.8 Å². The smallest absolute Gasteiger partial charge is 0.268 e. The number of nitrogens with one attached hydrogen (secondary N) is 3. The van der Waals surface area contributed by atoms with Crippen LogP contribution in [-0.4, -0.2) is 54.8 Å². The van der Waals surface area contributed by atoms with E-state index in [4.69, 9.17) is 0 Å². The number of aromatic amines is 1. The molecule has 110 valence electrons. The lowest BCUT2D eigenvalue weighted by molar-refractivity contribution is 0.591. The van der Waals surface area contributed by atoms with Crippen LogP contribution in [0, 0.1) is 6.92 Å². The Balaban J connectivity index is 1.81. The fourth-order valence-corrected chi connectivity index (χ4v) is 3.21. The quantitative estimate of drug-likeness (QED) is 0.614. The summed E-state index contributed by atoms with van der Waals surface area (Å²) in [5.41, 5.74) is 1.80. The summed E-state index contributed by atoms with van der Waals surface area (Å²) >= 11 is 1.65. The Morgan fingerprint density at radius 3 is 2.65 bits per heavy atom. The van der Waals surface area contributed by atoms with E-state index in [1.807, 2.05) is 6.92 Å². The summed E-state index contributed by atoms with van der Waals surface area (Å²) in [7, 11) is -2.03. The molecule has 0 radical (unpaired) electrons. The zero-order chi connectivity index (χ0) is 14.6. The molecule has 20 heavy (non-hydrogen) atoms. The predicted octanol–water partition coefficient (Wildman–Crippen LogP) is -0.789. The summed E-state index contributed by atoms with van der Waals surface area (Å²) in [5, 5.41) is 10.5. The standard InChI is InChI=1S/C9H15N7O2S2/c1-6-7(13-16-12-6)5-19-4-3-11-9-8(10-2)14-20(17,18)15-9/h3-5H2,1-2H3,(H,10,14)(H,11,15)(H,12,13,16). The summed E-state index contributed by atoms with van der Waals surface area (Å²) in [4.78, 5) is 8.00. The van der Waals surface area contributed by atoms with E-state index in [9.17, 15) is 8.42 Å². The lowest BCUT2D eigenvalue weighted by atomic mass is 10.4. The lowest BCUT2D eigenvalue weighted by Crippen LogP contribution is -2.24. The third-order valence-electron chi connectivity index (χ3n) is 2.47. The van der Waals surface area contributed by atoms with Gasteiger partial charge in [0.15, 0.2) is 11.7 Å². The SMILES string of the molecule is CN=C1NS(=O)(=O)NC1=NCCSCc1n[nH]nc1C. The van der Waals surface area contributed by atoms with E-state index < -0.39 is 10.2 Å². The molecule has 2 rings (SSSR count). The number of nitrogens with zero attached hydrogens (tertiary/aromatic N) is 4. The molecule has 1 fully saturated rings. The Hall–Kier alpha value is -1.62. The molecule has 0 aliphatic carbocycles. The second-order valence-electron chi connectivity index (χ2n) is 3.92. The number of hydrogen-bond acceptors (Lipinski definition) is 7. The number of aliphatic imine (C=N–C) groups is 2. The minimum Gasteiger partial charge on any atom is -0.268 e. The maximum atomic E-state index is 11.3. The van der Waals surface area contributed by atoms with Crippen LogP contribution in [-0.2, 0) is 16.0 Å². The third kappa shape index (κ3) is 3.70. The molecule has 0 aromatic carbocycles. The van der Waals surface area contributed by atoms with Gasteiger partial charge in [0.05, 0.1) is 17.9 Å². The number of rotatable bonds is 5. The summed E-state index contributed by atoms with van der Waals surface area (Å²) in [6.07, 6.45) is 0. The van der Waals surface area contributed by atoms with Gasteiger partial charge in [0.2, 0.25) is 0 Å². The van der Waals surface area contributed by atoms with Gasteiger partial charge in [-0.25, -0.2) is 9.44 Å². The van der Waals surface area contributed by atoms with Crippen LogP contribution in [0.3, 0.4) is 0 Å². The minimum atomic E-state index is -3.53. The van der Waals surface area contributed by atoms with Crippen molar-refractivity contribution >= 4 is 33.6 Å². The summed E-state index contributed by atoms with van der Waals surface area (Å²) < 4.78 is 27.1. The van der Waals surface area contributed by atoms with E-state index in [1.54, 1.807) is 11.8 Å². The van der Waals surface area contributed by atoms with Crippen LogP contribution in [0.25, 0.3) is 0 Å². The highest BCUT2D eigenvalue weighted by molar-refractivity contribution is 7.98. The van der Waals surface area contributed by atoms with Crippen LogP contribution in [0.4, 0.5) is 0 Å². The Morgan fingerprint density at radius 1 is 1.25 bits per heavy atom. The molecular formula is C9H15N7O2S2. The van der Waals surface area contributed by atoms with Gasteiger partial charge >= 0.3 is 10.2 Å². The second kappa shape index (κ2) is 6.22. The second-order valence-corrected chi connectivity index (χ2v) is 6.44. The van der Waals surface area contributed by atoms with Crippen molar-refractivity contribution in [3.63, 3.8) is 0 Å². The number of aryl methyl sites for hydroxylation is 1. The molecule has 9 nitrogen and oxygen atoms in total. The van der Waals surface area contributed by atoms with Crippen LogP contribution >= 0.6 is 11.8 Å². The summed E-state index contributed by atoms with van der Waals surface area (Å²) in [6, 6.07) is 0. The topological polar surface area (TPSA) is 124 Å². The molecule has 0 amide bonds. The van der Waals surface area contributed by atoms with E-state index >= 15 is 0 Å². The van der Waals surface area contributed by atoms with E-state index in [0.717, 1.165) is 22.9 Å². The summed E-state index contributed by atoms with van der Waals surface area (Å²) in [6.45, 7) is 2.38. The van der Waals surface area contributed by atoms with Crippen molar-refractivity contribution in [3.05, 3.63) is 11.4 Å².